The molecule has 1 amide bonds. The molecule has 0 aliphatic carbocycles. The number of carbonyl (C=O) groups excluding carboxylic acids is 1. The van der Waals surface area contributed by atoms with Crippen LogP contribution in [0.5, 0.6) is 0 Å². The number of carboxylic acids is 1. The second kappa shape index (κ2) is 5.64. The van der Waals surface area contributed by atoms with Gasteiger partial charge in [-0.3, -0.25) is 9.59 Å². The molecule has 1 aromatic rings. The number of aryl methyl sites for hydroxylation is 1. The Bertz CT molecular complexity index is 458. The fourth-order valence-electron chi connectivity index (χ4n) is 1.92. The Morgan fingerprint density at radius 3 is 3.00 bits per heavy atom. The van der Waals surface area contributed by atoms with Crippen molar-refractivity contribution < 1.29 is 19.4 Å². The van der Waals surface area contributed by atoms with Crippen LogP contribution in [0.25, 0.3) is 0 Å². The number of rotatable bonds is 4. The van der Waals surface area contributed by atoms with Crippen LogP contribution >= 0.6 is 0 Å². The molecule has 0 atom stereocenters. The maximum Gasteiger partial charge on any atom is 0.303 e. The van der Waals surface area contributed by atoms with Gasteiger partial charge >= 0.3 is 5.97 Å². The van der Waals surface area contributed by atoms with Crippen molar-refractivity contribution in [1.82, 2.24) is 0 Å². The quantitative estimate of drug-likeness (QED) is 0.866. The summed E-state index contributed by atoms with van der Waals surface area (Å²) < 4.78 is 5.07. The topological polar surface area (TPSA) is 66.8 Å². The van der Waals surface area contributed by atoms with E-state index in [2.05, 4.69) is 0 Å². The van der Waals surface area contributed by atoms with Crippen molar-refractivity contribution in [3.8, 4) is 0 Å². The Morgan fingerprint density at radius 1 is 1.44 bits per heavy atom. The molecule has 1 aromatic carbocycles. The molecule has 2 rings (SSSR count). The number of carbonyl (C=O) groups is 2. The molecular formula is C13H15NO4. The molecule has 96 valence electrons. The standard InChI is InChI=1S/C13H15NO4/c15-12-9-18-7-6-14(12)11-3-1-2-10(8-11)4-5-13(16)17/h1-3,8H,4-7,9H2,(H,16,17). The van der Waals surface area contributed by atoms with Crippen LogP contribution in [0, 0.1) is 0 Å². The number of ether oxygens (including phenoxy) is 1. The second-order valence-electron chi connectivity index (χ2n) is 4.16. The first-order valence-corrected chi connectivity index (χ1v) is 5.85. The van der Waals surface area contributed by atoms with E-state index in [1.165, 1.54) is 0 Å². The van der Waals surface area contributed by atoms with Gasteiger partial charge in [0.05, 0.1) is 6.61 Å². The van der Waals surface area contributed by atoms with E-state index in [4.69, 9.17) is 9.84 Å². The first-order valence-electron chi connectivity index (χ1n) is 5.85. The Labute approximate surface area is 105 Å². The molecule has 1 heterocycles. The SMILES string of the molecule is O=C(O)CCc1cccc(N2CCOCC2=O)c1. The minimum Gasteiger partial charge on any atom is -0.481 e. The van der Waals surface area contributed by atoms with Crippen LogP contribution in [0.2, 0.25) is 0 Å². The number of hydrogen-bond acceptors (Lipinski definition) is 3. The number of hydrogen-bond donors (Lipinski definition) is 1. The second-order valence-corrected chi connectivity index (χ2v) is 4.16. The van der Waals surface area contributed by atoms with Gasteiger partial charge < -0.3 is 14.7 Å². The van der Waals surface area contributed by atoms with E-state index < -0.39 is 5.97 Å². The van der Waals surface area contributed by atoms with Gasteiger partial charge in [-0.1, -0.05) is 12.1 Å². The molecule has 0 aromatic heterocycles. The monoisotopic (exact) mass is 249 g/mol. The van der Waals surface area contributed by atoms with Crippen LogP contribution in [-0.4, -0.2) is 36.7 Å². The lowest BCUT2D eigenvalue weighted by Crippen LogP contribution is -2.41. The maximum atomic E-state index is 11.7. The molecule has 1 aliphatic rings. The third-order valence-electron chi connectivity index (χ3n) is 2.84. The molecule has 1 aliphatic heterocycles. The van der Waals surface area contributed by atoms with E-state index in [9.17, 15) is 9.59 Å². The zero-order chi connectivity index (χ0) is 13.0. The largest absolute Gasteiger partial charge is 0.481 e. The predicted octanol–water partition coefficient (Wildman–Crippen LogP) is 1.07. The third kappa shape index (κ3) is 3.07. The number of nitrogens with zero attached hydrogens (tertiary/aromatic N) is 1. The van der Waals surface area contributed by atoms with Gasteiger partial charge in [-0.2, -0.15) is 0 Å². The van der Waals surface area contributed by atoms with E-state index >= 15 is 0 Å². The first-order chi connectivity index (χ1) is 8.66. The van der Waals surface area contributed by atoms with Crippen LogP contribution in [0.3, 0.4) is 0 Å². The van der Waals surface area contributed by atoms with Crippen LogP contribution in [0.15, 0.2) is 24.3 Å². The normalized spacial score (nSPS) is 15.8. The molecule has 0 bridgehead atoms. The first kappa shape index (κ1) is 12.6. The van der Waals surface area contributed by atoms with E-state index in [0.717, 1.165) is 11.3 Å². The van der Waals surface area contributed by atoms with E-state index in [-0.39, 0.29) is 18.9 Å². The molecule has 5 heteroatoms. The average Bonchev–Trinajstić information content (AvgIpc) is 2.37. The molecule has 5 nitrogen and oxygen atoms in total. The third-order valence-corrected chi connectivity index (χ3v) is 2.84. The van der Waals surface area contributed by atoms with Crippen molar-refractivity contribution in [2.75, 3.05) is 24.7 Å². The van der Waals surface area contributed by atoms with Gasteiger partial charge in [-0.15, -0.1) is 0 Å². The lowest BCUT2D eigenvalue weighted by atomic mass is 10.1. The number of morpholine rings is 1. The Hall–Kier alpha value is -1.88. The average molecular weight is 249 g/mol. The van der Waals surface area contributed by atoms with Gasteiger partial charge in [-0.25, -0.2) is 0 Å². The number of benzene rings is 1. The van der Waals surface area contributed by atoms with Crippen molar-refractivity contribution >= 4 is 17.6 Å². The lowest BCUT2D eigenvalue weighted by Gasteiger charge is -2.27. The highest BCUT2D eigenvalue weighted by molar-refractivity contribution is 5.94. The minimum atomic E-state index is -0.817. The molecular weight excluding hydrogens is 234 g/mol. The van der Waals surface area contributed by atoms with Gasteiger partial charge in [0.25, 0.3) is 5.91 Å². The summed E-state index contributed by atoms with van der Waals surface area (Å²) in [7, 11) is 0. The summed E-state index contributed by atoms with van der Waals surface area (Å²) in [6, 6.07) is 7.44. The smallest absolute Gasteiger partial charge is 0.303 e. The fraction of sp³-hybridized carbons (Fsp3) is 0.385. The molecule has 1 N–H and O–H groups in total. The lowest BCUT2D eigenvalue weighted by molar-refractivity contribution is -0.137. The van der Waals surface area contributed by atoms with Gasteiger partial charge in [0.15, 0.2) is 0 Å². The fourth-order valence-corrected chi connectivity index (χ4v) is 1.92. The molecule has 0 unspecified atom stereocenters. The van der Waals surface area contributed by atoms with Crippen molar-refractivity contribution in [2.45, 2.75) is 12.8 Å². The number of carboxylic acid groups (broad SMARTS) is 1. The van der Waals surface area contributed by atoms with E-state index in [1.54, 1.807) is 4.90 Å². The maximum absolute atomic E-state index is 11.7. The number of aliphatic carboxylic acids is 1. The van der Waals surface area contributed by atoms with Crippen molar-refractivity contribution in [1.29, 1.82) is 0 Å². The molecule has 0 spiro atoms. The van der Waals surface area contributed by atoms with Gasteiger partial charge in [-0.05, 0) is 24.1 Å². The summed E-state index contributed by atoms with van der Waals surface area (Å²) >= 11 is 0. The molecule has 1 fully saturated rings. The van der Waals surface area contributed by atoms with Crippen molar-refractivity contribution in [3.05, 3.63) is 29.8 Å². The predicted molar refractivity (Wildman–Crippen MR) is 65.6 cm³/mol. The zero-order valence-electron chi connectivity index (χ0n) is 9.96. The number of anilines is 1. The van der Waals surface area contributed by atoms with Crippen LogP contribution in [-0.2, 0) is 20.7 Å². The summed E-state index contributed by atoms with van der Waals surface area (Å²) in [5.74, 6) is -0.875. The summed E-state index contributed by atoms with van der Waals surface area (Å²) in [6.45, 7) is 1.19. The summed E-state index contributed by atoms with van der Waals surface area (Å²) in [5, 5.41) is 8.65. The highest BCUT2D eigenvalue weighted by Gasteiger charge is 2.20. The summed E-state index contributed by atoms with van der Waals surface area (Å²) in [4.78, 5) is 23.9. The van der Waals surface area contributed by atoms with E-state index in [1.807, 2.05) is 24.3 Å². The van der Waals surface area contributed by atoms with Crippen molar-refractivity contribution in [3.63, 3.8) is 0 Å². The highest BCUT2D eigenvalue weighted by atomic mass is 16.5. The van der Waals surface area contributed by atoms with Crippen molar-refractivity contribution in [2.24, 2.45) is 0 Å². The van der Waals surface area contributed by atoms with E-state index in [0.29, 0.717) is 19.6 Å². The van der Waals surface area contributed by atoms with Crippen LogP contribution in [0.1, 0.15) is 12.0 Å². The number of amides is 1. The Kier molecular flexibility index (Phi) is 3.94. The van der Waals surface area contributed by atoms with Gasteiger partial charge in [0, 0.05) is 18.7 Å². The van der Waals surface area contributed by atoms with Crippen LogP contribution in [0.4, 0.5) is 5.69 Å². The molecule has 0 saturated carbocycles. The zero-order valence-corrected chi connectivity index (χ0v) is 9.96. The summed E-state index contributed by atoms with van der Waals surface area (Å²) in [5.41, 5.74) is 1.74. The molecule has 18 heavy (non-hydrogen) atoms. The Balaban J connectivity index is 2.10. The summed E-state index contributed by atoms with van der Waals surface area (Å²) in [6.07, 6.45) is 0.572. The molecule has 1 saturated heterocycles. The minimum absolute atomic E-state index is 0.0587. The highest BCUT2D eigenvalue weighted by Crippen LogP contribution is 2.19. The molecule has 0 radical (unpaired) electrons. The van der Waals surface area contributed by atoms with Crippen LogP contribution < -0.4 is 4.90 Å². The van der Waals surface area contributed by atoms with Gasteiger partial charge in [0.1, 0.15) is 6.61 Å². The Morgan fingerprint density at radius 2 is 2.28 bits per heavy atom. The van der Waals surface area contributed by atoms with Gasteiger partial charge in [0.2, 0.25) is 0 Å².